The molecule has 0 amide bonds. The molecule has 0 aliphatic carbocycles. The maximum atomic E-state index is 10.6. The number of nitro groups is 1. The zero-order chi connectivity index (χ0) is 13.8. The number of nitriles is 1. The van der Waals surface area contributed by atoms with Gasteiger partial charge >= 0.3 is 0 Å². The van der Waals surface area contributed by atoms with Gasteiger partial charge in [0, 0.05) is 25.2 Å². The van der Waals surface area contributed by atoms with E-state index in [9.17, 15) is 10.1 Å². The molecule has 1 heterocycles. The maximum Gasteiger partial charge on any atom is 0.270 e. The zero-order valence-corrected chi connectivity index (χ0v) is 11.1. The van der Waals surface area contributed by atoms with Gasteiger partial charge in [0.05, 0.1) is 21.9 Å². The van der Waals surface area contributed by atoms with Crippen molar-refractivity contribution < 1.29 is 4.92 Å². The van der Waals surface area contributed by atoms with Crippen molar-refractivity contribution in [3.8, 4) is 6.07 Å². The van der Waals surface area contributed by atoms with Crippen LogP contribution in [0, 0.1) is 27.4 Å². The van der Waals surface area contributed by atoms with Crippen LogP contribution in [0.1, 0.15) is 18.4 Å². The fourth-order valence-electron chi connectivity index (χ4n) is 2.32. The van der Waals surface area contributed by atoms with Crippen molar-refractivity contribution in [2.24, 2.45) is 5.92 Å². The van der Waals surface area contributed by atoms with Gasteiger partial charge in [0.15, 0.2) is 0 Å². The summed E-state index contributed by atoms with van der Waals surface area (Å²) in [6.45, 7) is 2.31. The predicted molar refractivity (Wildman–Crippen MR) is 71.7 cm³/mol. The fraction of sp³-hybridized carbons (Fsp3) is 0.462. The van der Waals surface area contributed by atoms with Crippen molar-refractivity contribution in [2.45, 2.75) is 19.4 Å². The van der Waals surface area contributed by atoms with E-state index in [1.807, 2.05) is 0 Å². The van der Waals surface area contributed by atoms with Crippen LogP contribution in [0.4, 0.5) is 5.69 Å². The molecule has 100 valence electrons. The molecular weight excluding hydrogens is 266 g/mol. The minimum atomic E-state index is -0.456. The first kappa shape index (κ1) is 13.8. The van der Waals surface area contributed by atoms with Crippen LogP contribution in [0.15, 0.2) is 18.2 Å². The Morgan fingerprint density at radius 1 is 1.58 bits per heavy atom. The van der Waals surface area contributed by atoms with Crippen LogP contribution >= 0.6 is 11.6 Å². The molecule has 1 aromatic rings. The highest BCUT2D eigenvalue weighted by Gasteiger charge is 2.20. The smallest absolute Gasteiger partial charge is 0.270 e. The second-order valence-electron chi connectivity index (χ2n) is 4.74. The van der Waals surface area contributed by atoms with Crippen molar-refractivity contribution in [1.82, 2.24) is 4.90 Å². The fourth-order valence-corrected chi connectivity index (χ4v) is 2.56. The third-order valence-corrected chi connectivity index (χ3v) is 3.68. The van der Waals surface area contributed by atoms with E-state index in [0.29, 0.717) is 11.6 Å². The van der Waals surface area contributed by atoms with Crippen LogP contribution in [-0.4, -0.2) is 22.9 Å². The van der Waals surface area contributed by atoms with Gasteiger partial charge in [0.2, 0.25) is 0 Å². The Bertz CT molecular complexity index is 527. The quantitative estimate of drug-likeness (QED) is 0.630. The Hall–Kier alpha value is -1.64. The molecule has 1 unspecified atom stereocenters. The molecule has 1 aliphatic rings. The molecule has 1 atom stereocenters. The van der Waals surface area contributed by atoms with E-state index in [2.05, 4.69) is 11.0 Å². The number of piperidine rings is 1. The molecule has 5 nitrogen and oxygen atoms in total. The van der Waals surface area contributed by atoms with E-state index in [1.165, 1.54) is 12.1 Å². The number of halogens is 1. The minimum absolute atomic E-state index is 0.00213. The van der Waals surface area contributed by atoms with Gasteiger partial charge in [-0.25, -0.2) is 0 Å². The molecule has 1 fully saturated rings. The van der Waals surface area contributed by atoms with Crippen molar-refractivity contribution in [2.75, 3.05) is 13.1 Å². The molecule has 1 saturated heterocycles. The average molecular weight is 280 g/mol. The summed E-state index contributed by atoms with van der Waals surface area (Å²) in [5, 5.41) is 20.0. The molecule has 1 aromatic carbocycles. The highest BCUT2D eigenvalue weighted by molar-refractivity contribution is 6.31. The van der Waals surface area contributed by atoms with Gasteiger partial charge in [0.25, 0.3) is 5.69 Å². The Kier molecular flexibility index (Phi) is 4.35. The first-order valence-electron chi connectivity index (χ1n) is 6.15. The predicted octanol–water partition coefficient (Wildman–Crippen LogP) is 2.98. The van der Waals surface area contributed by atoms with E-state index in [1.54, 1.807) is 6.07 Å². The number of rotatable bonds is 3. The molecule has 0 radical (unpaired) electrons. The second-order valence-corrected chi connectivity index (χ2v) is 5.14. The number of hydrogen-bond acceptors (Lipinski definition) is 4. The largest absolute Gasteiger partial charge is 0.298 e. The van der Waals surface area contributed by atoms with Gasteiger partial charge in [-0.1, -0.05) is 11.6 Å². The minimum Gasteiger partial charge on any atom is -0.298 e. The van der Waals surface area contributed by atoms with Crippen LogP contribution in [0.3, 0.4) is 0 Å². The lowest BCUT2D eigenvalue weighted by atomic mass is 9.99. The molecule has 2 rings (SSSR count). The normalized spacial score (nSPS) is 19.9. The van der Waals surface area contributed by atoms with Gasteiger partial charge in [0.1, 0.15) is 0 Å². The summed E-state index contributed by atoms with van der Waals surface area (Å²) in [5.74, 6) is 0.0746. The first-order chi connectivity index (χ1) is 9.10. The van der Waals surface area contributed by atoms with E-state index >= 15 is 0 Å². The summed E-state index contributed by atoms with van der Waals surface area (Å²) >= 11 is 6.07. The maximum absolute atomic E-state index is 10.6. The van der Waals surface area contributed by atoms with Crippen LogP contribution in [0.2, 0.25) is 5.02 Å². The molecular formula is C13H14ClN3O2. The van der Waals surface area contributed by atoms with Crippen LogP contribution in [-0.2, 0) is 6.54 Å². The topological polar surface area (TPSA) is 70.2 Å². The summed E-state index contributed by atoms with van der Waals surface area (Å²) in [6, 6.07) is 6.83. The summed E-state index contributed by atoms with van der Waals surface area (Å²) in [6.07, 6.45) is 1.95. The van der Waals surface area contributed by atoms with Crippen molar-refractivity contribution in [3.05, 3.63) is 38.9 Å². The lowest BCUT2D eigenvalue weighted by Gasteiger charge is -2.29. The van der Waals surface area contributed by atoms with E-state index < -0.39 is 4.92 Å². The molecule has 0 aromatic heterocycles. The molecule has 19 heavy (non-hydrogen) atoms. The standard InChI is InChI=1S/C13H14ClN3O2/c14-13-6-12(17(18)19)4-3-11(13)9-16-5-1-2-10(7-15)8-16/h3-4,6,10H,1-2,5,8-9H2. The highest BCUT2D eigenvalue weighted by Crippen LogP contribution is 2.25. The van der Waals surface area contributed by atoms with Gasteiger partial charge in [-0.3, -0.25) is 15.0 Å². The Balaban J connectivity index is 2.07. The lowest BCUT2D eigenvalue weighted by molar-refractivity contribution is -0.384. The van der Waals surface area contributed by atoms with Crippen LogP contribution in [0.25, 0.3) is 0 Å². The third kappa shape index (κ3) is 3.43. The Morgan fingerprint density at radius 2 is 2.37 bits per heavy atom. The second kappa shape index (κ2) is 6.00. The third-order valence-electron chi connectivity index (χ3n) is 3.33. The Labute approximate surface area is 116 Å². The molecule has 0 saturated carbocycles. The van der Waals surface area contributed by atoms with E-state index in [0.717, 1.165) is 31.5 Å². The van der Waals surface area contributed by atoms with Gasteiger partial charge in [-0.15, -0.1) is 0 Å². The number of hydrogen-bond donors (Lipinski definition) is 0. The SMILES string of the molecule is N#CC1CCCN(Cc2ccc([N+](=O)[O-])cc2Cl)C1. The van der Waals surface area contributed by atoms with Gasteiger partial charge in [-0.2, -0.15) is 5.26 Å². The van der Waals surface area contributed by atoms with Gasteiger partial charge < -0.3 is 0 Å². The van der Waals surface area contributed by atoms with E-state index in [4.69, 9.17) is 16.9 Å². The number of nitro benzene ring substituents is 1. The monoisotopic (exact) mass is 279 g/mol. The van der Waals surface area contributed by atoms with E-state index in [-0.39, 0.29) is 11.6 Å². The molecule has 0 bridgehead atoms. The number of nitrogens with zero attached hydrogens (tertiary/aromatic N) is 3. The summed E-state index contributed by atoms with van der Waals surface area (Å²) in [5.41, 5.74) is 0.869. The average Bonchev–Trinajstić information content (AvgIpc) is 2.41. The zero-order valence-electron chi connectivity index (χ0n) is 10.4. The number of likely N-dealkylation sites (tertiary alicyclic amines) is 1. The lowest BCUT2D eigenvalue weighted by Crippen LogP contribution is -2.34. The molecule has 0 N–H and O–H groups in total. The van der Waals surface area contributed by atoms with Crippen molar-refractivity contribution >= 4 is 17.3 Å². The summed E-state index contributed by atoms with van der Waals surface area (Å²) in [7, 11) is 0. The first-order valence-corrected chi connectivity index (χ1v) is 6.52. The molecule has 6 heteroatoms. The molecule has 0 spiro atoms. The summed E-state index contributed by atoms with van der Waals surface area (Å²) < 4.78 is 0. The highest BCUT2D eigenvalue weighted by atomic mass is 35.5. The molecule has 1 aliphatic heterocycles. The Morgan fingerprint density at radius 3 is 3.00 bits per heavy atom. The van der Waals surface area contributed by atoms with Crippen LogP contribution in [0.5, 0.6) is 0 Å². The van der Waals surface area contributed by atoms with Crippen molar-refractivity contribution in [1.29, 1.82) is 5.26 Å². The number of benzene rings is 1. The summed E-state index contributed by atoms with van der Waals surface area (Å²) in [4.78, 5) is 12.4. The van der Waals surface area contributed by atoms with Crippen molar-refractivity contribution in [3.63, 3.8) is 0 Å². The number of non-ortho nitro benzene ring substituents is 1. The van der Waals surface area contributed by atoms with Gasteiger partial charge in [-0.05, 0) is 31.0 Å². The van der Waals surface area contributed by atoms with Crippen LogP contribution < -0.4 is 0 Å².